The van der Waals surface area contributed by atoms with Gasteiger partial charge in [0.2, 0.25) is 6.29 Å². The molecule has 5 unspecified atom stereocenters. The van der Waals surface area contributed by atoms with Gasteiger partial charge in [0.15, 0.2) is 6.10 Å². The fraction of sp³-hybridized carbons (Fsp3) is 0.636. The molecule has 0 radical (unpaired) electrons. The molecule has 1 rings (SSSR count). The molecule has 8 nitrogen and oxygen atoms in total. The molecule has 1 aliphatic rings. The molecule has 1 fully saturated rings. The zero-order valence-corrected chi connectivity index (χ0v) is 10.5. The maximum atomic E-state index is 11.3. The molecule has 5 atom stereocenters. The van der Waals surface area contributed by atoms with Gasteiger partial charge >= 0.3 is 11.9 Å². The SMILES string of the molecule is C=C(C)C(=O)OC1OC(C(=O)OC)C(O)C(O)C1O. The summed E-state index contributed by atoms with van der Waals surface area (Å²) in [5, 5.41) is 28.8. The quantitative estimate of drug-likeness (QED) is 0.403. The van der Waals surface area contributed by atoms with E-state index in [1.807, 2.05) is 0 Å². The fourth-order valence-corrected chi connectivity index (χ4v) is 1.46. The molecule has 108 valence electrons. The van der Waals surface area contributed by atoms with Crippen LogP contribution in [0.5, 0.6) is 0 Å². The van der Waals surface area contributed by atoms with E-state index in [-0.39, 0.29) is 5.57 Å². The van der Waals surface area contributed by atoms with Crippen LogP contribution in [-0.2, 0) is 23.8 Å². The van der Waals surface area contributed by atoms with Gasteiger partial charge in [-0.05, 0) is 6.92 Å². The smallest absolute Gasteiger partial charge is 0.337 e. The lowest BCUT2D eigenvalue weighted by atomic mass is 9.99. The van der Waals surface area contributed by atoms with Crippen molar-refractivity contribution in [2.24, 2.45) is 0 Å². The summed E-state index contributed by atoms with van der Waals surface area (Å²) in [7, 11) is 1.06. The first-order valence-electron chi connectivity index (χ1n) is 5.43. The second-order valence-electron chi connectivity index (χ2n) is 4.11. The first-order chi connectivity index (χ1) is 8.79. The van der Waals surface area contributed by atoms with Gasteiger partial charge in [-0.1, -0.05) is 6.58 Å². The van der Waals surface area contributed by atoms with Crippen LogP contribution >= 0.6 is 0 Å². The minimum atomic E-state index is -1.72. The van der Waals surface area contributed by atoms with Gasteiger partial charge in [-0.3, -0.25) is 0 Å². The third-order valence-corrected chi connectivity index (χ3v) is 2.57. The van der Waals surface area contributed by atoms with Gasteiger partial charge in [0.1, 0.15) is 18.3 Å². The molecule has 19 heavy (non-hydrogen) atoms. The van der Waals surface area contributed by atoms with Crippen LogP contribution in [0.4, 0.5) is 0 Å². The topological polar surface area (TPSA) is 123 Å². The number of carbonyl (C=O) groups excluding carboxylic acids is 2. The molecule has 3 N–H and O–H groups in total. The zero-order valence-electron chi connectivity index (χ0n) is 10.5. The van der Waals surface area contributed by atoms with Gasteiger partial charge in [-0.15, -0.1) is 0 Å². The van der Waals surface area contributed by atoms with E-state index < -0.39 is 42.6 Å². The standard InChI is InChI=1S/C11H16O8/c1-4(2)9(15)19-11-7(14)5(12)6(13)8(18-11)10(16)17-3/h5-8,11-14H,1H2,2-3H3. The van der Waals surface area contributed by atoms with E-state index in [1.165, 1.54) is 6.92 Å². The lowest BCUT2D eigenvalue weighted by Crippen LogP contribution is -2.60. The van der Waals surface area contributed by atoms with Crippen molar-refractivity contribution in [3.8, 4) is 0 Å². The third kappa shape index (κ3) is 3.29. The number of hydrogen-bond acceptors (Lipinski definition) is 8. The first-order valence-corrected chi connectivity index (χ1v) is 5.43. The summed E-state index contributed by atoms with van der Waals surface area (Å²) < 4.78 is 14.0. The van der Waals surface area contributed by atoms with E-state index in [0.29, 0.717) is 0 Å². The predicted molar refractivity (Wildman–Crippen MR) is 59.6 cm³/mol. The van der Waals surface area contributed by atoms with Crippen molar-refractivity contribution in [1.29, 1.82) is 0 Å². The summed E-state index contributed by atoms with van der Waals surface area (Å²) in [5.74, 6) is -1.83. The van der Waals surface area contributed by atoms with Crippen molar-refractivity contribution in [1.82, 2.24) is 0 Å². The molecule has 1 aliphatic heterocycles. The summed E-state index contributed by atoms with van der Waals surface area (Å²) in [6, 6.07) is 0. The van der Waals surface area contributed by atoms with Crippen molar-refractivity contribution in [2.75, 3.05) is 7.11 Å². The Bertz CT molecular complexity index is 379. The number of carbonyl (C=O) groups is 2. The van der Waals surface area contributed by atoms with Crippen molar-refractivity contribution >= 4 is 11.9 Å². The highest BCUT2D eigenvalue weighted by molar-refractivity contribution is 5.87. The summed E-state index contributed by atoms with van der Waals surface area (Å²) in [5.41, 5.74) is 0.0472. The Hall–Kier alpha value is -1.48. The van der Waals surface area contributed by atoms with Crippen molar-refractivity contribution in [2.45, 2.75) is 37.6 Å². The Morgan fingerprint density at radius 3 is 2.21 bits per heavy atom. The van der Waals surface area contributed by atoms with E-state index in [0.717, 1.165) is 7.11 Å². The molecule has 1 saturated heterocycles. The lowest BCUT2D eigenvalue weighted by Gasteiger charge is -2.38. The maximum absolute atomic E-state index is 11.3. The number of ether oxygens (including phenoxy) is 3. The summed E-state index contributed by atoms with van der Waals surface area (Å²) in [4.78, 5) is 22.7. The molecular weight excluding hydrogens is 260 g/mol. The Morgan fingerprint density at radius 2 is 1.74 bits per heavy atom. The third-order valence-electron chi connectivity index (χ3n) is 2.57. The predicted octanol–water partition coefficient (Wildman–Crippen LogP) is -1.91. The van der Waals surface area contributed by atoms with Crippen molar-refractivity contribution in [3.05, 3.63) is 12.2 Å². The number of methoxy groups -OCH3 is 1. The molecule has 0 amide bonds. The van der Waals surface area contributed by atoms with Gasteiger partial charge in [0, 0.05) is 5.57 Å². The Balaban J connectivity index is 2.84. The van der Waals surface area contributed by atoms with Gasteiger partial charge < -0.3 is 29.5 Å². The summed E-state index contributed by atoms with van der Waals surface area (Å²) >= 11 is 0. The van der Waals surface area contributed by atoms with E-state index in [9.17, 15) is 24.9 Å². The van der Waals surface area contributed by atoms with Crippen molar-refractivity contribution < 1.29 is 39.1 Å². The molecule has 8 heteroatoms. The highest BCUT2D eigenvalue weighted by Gasteiger charge is 2.48. The Kier molecular flexibility index (Phi) is 5.01. The Morgan fingerprint density at radius 1 is 1.16 bits per heavy atom. The average Bonchev–Trinajstić information content (AvgIpc) is 2.38. The monoisotopic (exact) mass is 276 g/mol. The molecule has 1 heterocycles. The number of rotatable bonds is 3. The average molecular weight is 276 g/mol. The fourth-order valence-electron chi connectivity index (χ4n) is 1.46. The van der Waals surface area contributed by atoms with Gasteiger partial charge in [-0.2, -0.15) is 0 Å². The summed E-state index contributed by atoms with van der Waals surface area (Å²) in [6.45, 7) is 4.71. The van der Waals surface area contributed by atoms with Crippen LogP contribution in [0.1, 0.15) is 6.92 Å². The molecule has 0 saturated carbocycles. The minimum absolute atomic E-state index is 0.0472. The van der Waals surface area contributed by atoms with Crippen LogP contribution < -0.4 is 0 Å². The minimum Gasteiger partial charge on any atom is -0.467 e. The molecule has 0 aromatic heterocycles. The second kappa shape index (κ2) is 6.11. The van der Waals surface area contributed by atoms with Crippen LogP contribution in [0.2, 0.25) is 0 Å². The molecule has 0 aliphatic carbocycles. The van der Waals surface area contributed by atoms with Crippen LogP contribution in [0, 0.1) is 0 Å². The number of hydrogen-bond donors (Lipinski definition) is 3. The van der Waals surface area contributed by atoms with Crippen LogP contribution in [0.25, 0.3) is 0 Å². The first kappa shape index (κ1) is 15.6. The largest absolute Gasteiger partial charge is 0.467 e. The van der Waals surface area contributed by atoms with E-state index in [4.69, 9.17) is 9.47 Å². The van der Waals surface area contributed by atoms with Gasteiger partial charge in [0.05, 0.1) is 7.11 Å². The highest BCUT2D eigenvalue weighted by atomic mass is 16.7. The Labute approximate surface area is 109 Å². The van der Waals surface area contributed by atoms with Gasteiger partial charge in [0.25, 0.3) is 0 Å². The molecular formula is C11H16O8. The van der Waals surface area contributed by atoms with Crippen LogP contribution in [0.3, 0.4) is 0 Å². The molecule has 0 aromatic carbocycles. The number of aliphatic hydroxyl groups is 3. The molecule has 0 aromatic rings. The van der Waals surface area contributed by atoms with E-state index in [2.05, 4.69) is 11.3 Å². The highest BCUT2D eigenvalue weighted by Crippen LogP contribution is 2.23. The number of aliphatic hydroxyl groups excluding tert-OH is 3. The van der Waals surface area contributed by atoms with Crippen LogP contribution in [0.15, 0.2) is 12.2 Å². The van der Waals surface area contributed by atoms with Gasteiger partial charge in [-0.25, -0.2) is 9.59 Å². The molecule has 0 bridgehead atoms. The zero-order chi connectivity index (χ0) is 14.7. The normalized spacial score (nSPS) is 34.5. The van der Waals surface area contributed by atoms with Crippen LogP contribution in [-0.4, -0.2) is 65.1 Å². The van der Waals surface area contributed by atoms with E-state index in [1.54, 1.807) is 0 Å². The lowest BCUT2D eigenvalue weighted by molar-refractivity contribution is -0.285. The maximum Gasteiger partial charge on any atom is 0.337 e. The molecule has 0 spiro atoms. The summed E-state index contributed by atoms with van der Waals surface area (Å²) in [6.07, 6.45) is -8.28. The second-order valence-corrected chi connectivity index (χ2v) is 4.11. The van der Waals surface area contributed by atoms with Crippen molar-refractivity contribution in [3.63, 3.8) is 0 Å². The number of esters is 2. The van der Waals surface area contributed by atoms with E-state index >= 15 is 0 Å².